The third kappa shape index (κ3) is 3.68. The first kappa shape index (κ1) is 19.0. The Balaban J connectivity index is 1.70. The first-order valence-corrected chi connectivity index (χ1v) is 9.92. The summed E-state index contributed by atoms with van der Waals surface area (Å²) < 4.78 is 2.11. The van der Waals surface area contributed by atoms with Crippen LogP contribution in [0, 0.1) is 20.8 Å². The SMILES string of the molecule is Cc1cccc(NC(=O)c2c(C(=O)Nc3cccc(C)c3)c3n(c2C)CCC3)c1. The molecule has 0 saturated heterocycles. The van der Waals surface area contributed by atoms with Crippen molar-refractivity contribution in [3.63, 3.8) is 0 Å². The van der Waals surface area contributed by atoms with Gasteiger partial charge in [-0.15, -0.1) is 0 Å². The van der Waals surface area contributed by atoms with Crippen LogP contribution in [0.25, 0.3) is 0 Å². The molecule has 2 aromatic carbocycles. The zero-order valence-electron chi connectivity index (χ0n) is 17.0. The van der Waals surface area contributed by atoms with Crippen LogP contribution in [-0.4, -0.2) is 16.4 Å². The van der Waals surface area contributed by atoms with Gasteiger partial charge >= 0.3 is 0 Å². The minimum Gasteiger partial charge on any atom is -0.347 e. The van der Waals surface area contributed by atoms with Gasteiger partial charge in [0.15, 0.2) is 0 Å². The van der Waals surface area contributed by atoms with Gasteiger partial charge in [0, 0.05) is 29.3 Å². The molecule has 2 N–H and O–H groups in total. The van der Waals surface area contributed by atoms with Gasteiger partial charge in [-0.05, 0) is 69.0 Å². The van der Waals surface area contributed by atoms with E-state index in [1.165, 1.54) is 0 Å². The summed E-state index contributed by atoms with van der Waals surface area (Å²) in [5.74, 6) is -0.479. The van der Waals surface area contributed by atoms with Crippen molar-refractivity contribution in [1.29, 1.82) is 0 Å². The fourth-order valence-corrected chi connectivity index (χ4v) is 4.12. The predicted octanol–water partition coefficient (Wildman–Crippen LogP) is 4.86. The number of hydrogen-bond acceptors (Lipinski definition) is 2. The highest BCUT2D eigenvalue weighted by Crippen LogP contribution is 2.30. The van der Waals surface area contributed by atoms with Crippen molar-refractivity contribution in [2.45, 2.75) is 40.2 Å². The summed E-state index contributed by atoms with van der Waals surface area (Å²) in [4.78, 5) is 26.4. The summed E-state index contributed by atoms with van der Waals surface area (Å²) in [5.41, 5.74) is 6.34. The number of benzene rings is 2. The molecule has 0 radical (unpaired) electrons. The van der Waals surface area contributed by atoms with Gasteiger partial charge in [0.1, 0.15) is 0 Å². The molecule has 4 rings (SSSR count). The maximum absolute atomic E-state index is 13.2. The van der Waals surface area contributed by atoms with E-state index in [-0.39, 0.29) is 11.8 Å². The maximum atomic E-state index is 13.2. The Morgan fingerprint density at radius 1 is 0.828 bits per heavy atom. The second-order valence-electron chi connectivity index (χ2n) is 7.68. The average Bonchev–Trinajstić information content (AvgIpc) is 3.23. The molecule has 0 spiro atoms. The predicted molar refractivity (Wildman–Crippen MR) is 116 cm³/mol. The molecule has 2 amide bonds. The molecule has 0 fully saturated rings. The van der Waals surface area contributed by atoms with Crippen LogP contribution >= 0.6 is 0 Å². The lowest BCUT2D eigenvalue weighted by Crippen LogP contribution is -2.20. The molecule has 5 nitrogen and oxygen atoms in total. The van der Waals surface area contributed by atoms with Gasteiger partial charge in [-0.3, -0.25) is 9.59 Å². The van der Waals surface area contributed by atoms with Crippen LogP contribution in [0.4, 0.5) is 11.4 Å². The summed E-state index contributed by atoms with van der Waals surface area (Å²) in [6, 6.07) is 15.3. The Morgan fingerprint density at radius 3 is 1.93 bits per heavy atom. The van der Waals surface area contributed by atoms with E-state index in [0.29, 0.717) is 11.1 Å². The second-order valence-corrected chi connectivity index (χ2v) is 7.68. The number of aryl methyl sites for hydroxylation is 2. The Labute approximate surface area is 170 Å². The number of anilines is 2. The first-order valence-electron chi connectivity index (χ1n) is 9.92. The van der Waals surface area contributed by atoms with E-state index in [0.717, 1.165) is 53.3 Å². The largest absolute Gasteiger partial charge is 0.347 e. The highest BCUT2D eigenvalue weighted by molar-refractivity contribution is 6.17. The lowest BCUT2D eigenvalue weighted by Gasteiger charge is -2.11. The van der Waals surface area contributed by atoms with E-state index >= 15 is 0 Å². The van der Waals surface area contributed by atoms with Crippen molar-refractivity contribution in [3.8, 4) is 0 Å². The van der Waals surface area contributed by atoms with Gasteiger partial charge in [0.25, 0.3) is 11.8 Å². The molecule has 0 bridgehead atoms. The van der Waals surface area contributed by atoms with E-state index in [2.05, 4.69) is 15.2 Å². The van der Waals surface area contributed by atoms with E-state index < -0.39 is 0 Å². The van der Waals surface area contributed by atoms with Crippen molar-refractivity contribution in [2.24, 2.45) is 0 Å². The Hall–Kier alpha value is -3.34. The molecule has 0 unspecified atom stereocenters. The summed E-state index contributed by atoms with van der Waals surface area (Å²) in [7, 11) is 0. The molecule has 0 atom stereocenters. The zero-order chi connectivity index (χ0) is 20.5. The number of carbonyl (C=O) groups is 2. The van der Waals surface area contributed by atoms with Crippen LogP contribution in [0.2, 0.25) is 0 Å². The number of amides is 2. The number of fused-ring (bicyclic) bond motifs is 1. The molecule has 1 aromatic heterocycles. The number of nitrogens with zero attached hydrogens (tertiary/aromatic N) is 1. The van der Waals surface area contributed by atoms with Crippen LogP contribution < -0.4 is 10.6 Å². The second kappa shape index (κ2) is 7.59. The fourth-order valence-electron chi connectivity index (χ4n) is 4.12. The highest BCUT2D eigenvalue weighted by Gasteiger charge is 2.31. The van der Waals surface area contributed by atoms with Crippen LogP contribution in [0.5, 0.6) is 0 Å². The van der Waals surface area contributed by atoms with E-state index in [9.17, 15) is 9.59 Å². The monoisotopic (exact) mass is 387 g/mol. The quantitative estimate of drug-likeness (QED) is 0.671. The van der Waals surface area contributed by atoms with Crippen molar-refractivity contribution < 1.29 is 9.59 Å². The van der Waals surface area contributed by atoms with Gasteiger partial charge in [0.2, 0.25) is 0 Å². The summed E-state index contributed by atoms with van der Waals surface area (Å²) in [5, 5.41) is 5.94. The van der Waals surface area contributed by atoms with Crippen LogP contribution in [0.15, 0.2) is 48.5 Å². The smallest absolute Gasteiger partial charge is 0.258 e. The number of hydrogen-bond donors (Lipinski definition) is 2. The molecule has 5 heteroatoms. The topological polar surface area (TPSA) is 63.1 Å². The van der Waals surface area contributed by atoms with Gasteiger partial charge in [-0.25, -0.2) is 0 Å². The molecule has 148 valence electrons. The average molecular weight is 387 g/mol. The fraction of sp³-hybridized carbons (Fsp3) is 0.250. The number of carbonyl (C=O) groups excluding carboxylic acids is 2. The van der Waals surface area contributed by atoms with Gasteiger partial charge < -0.3 is 15.2 Å². The molecule has 1 aliphatic rings. The summed E-state index contributed by atoms with van der Waals surface area (Å²) >= 11 is 0. The first-order chi connectivity index (χ1) is 13.9. The van der Waals surface area contributed by atoms with E-state index in [1.54, 1.807) is 0 Å². The minimum atomic E-state index is -0.246. The Kier molecular flexibility index (Phi) is 4.97. The molecular formula is C24H25N3O2. The lowest BCUT2D eigenvalue weighted by atomic mass is 10.0. The molecule has 1 aliphatic heterocycles. The number of rotatable bonds is 4. The minimum absolute atomic E-state index is 0.233. The zero-order valence-corrected chi connectivity index (χ0v) is 17.0. The van der Waals surface area contributed by atoms with Crippen molar-refractivity contribution in [1.82, 2.24) is 4.57 Å². The van der Waals surface area contributed by atoms with E-state index in [4.69, 9.17) is 0 Å². The lowest BCUT2D eigenvalue weighted by molar-refractivity contribution is 0.0990. The summed E-state index contributed by atoms with van der Waals surface area (Å²) in [6.45, 7) is 6.72. The van der Waals surface area contributed by atoms with Crippen molar-refractivity contribution >= 4 is 23.2 Å². The van der Waals surface area contributed by atoms with Crippen LogP contribution in [0.3, 0.4) is 0 Å². The van der Waals surface area contributed by atoms with Crippen molar-refractivity contribution in [2.75, 3.05) is 10.6 Å². The van der Waals surface area contributed by atoms with E-state index in [1.807, 2.05) is 69.3 Å². The third-order valence-corrected chi connectivity index (χ3v) is 5.43. The van der Waals surface area contributed by atoms with Gasteiger partial charge in [0.05, 0.1) is 11.1 Å². The molecule has 0 aliphatic carbocycles. The third-order valence-electron chi connectivity index (χ3n) is 5.43. The molecule has 29 heavy (non-hydrogen) atoms. The standard InChI is InChI=1S/C24H25N3O2/c1-15-7-4-9-18(13-15)25-23(28)21-17(3)27-12-6-11-20(27)22(21)24(29)26-19-10-5-8-16(2)14-19/h4-5,7-10,13-14H,6,11-12H2,1-3H3,(H,25,28)(H,26,29). The molecule has 2 heterocycles. The van der Waals surface area contributed by atoms with Crippen molar-refractivity contribution in [3.05, 3.63) is 82.2 Å². The summed E-state index contributed by atoms with van der Waals surface area (Å²) in [6.07, 6.45) is 1.79. The van der Waals surface area contributed by atoms with Gasteiger partial charge in [-0.2, -0.15) is 0 Å². The maximum Gasteiger partial charge on any atom is 0.258 e. The number of aromatic nitrogens is 1. The Bertz CT molecular complexity index is 1110. The van der Waals surface area contributed by atoms with Crippen LogP contribution in [-0.2, 0) is 13.0 Å². The normalized spacial score (nSPS) is 12.5. The van der Waals surface area contributed by atoms with Crippen LogP contribution in [0.1, 0.15) is 49.7 Å². The molecule has 3 aromatic rings. The molecule has 0 saturated carbocycles. The Morgan fingerprint density at radius 2 is 1.38 bits per heavy atom. The number of nitrogens with one attached hydrogen (secondary N) is 2. The molecular weight excluding hydrogens is 362 g/mol. The highest BCUT2D eigenvalue weighted by atomic mass is 16.2. The van der Waals surface area contributed by atoms with Gasteiger partial charge in [-0.1, -0.05) is 24.3 Å².